The van der Waals surface area contributed by atoms with Crippen LogP contribution in [0, 0.1) is 11.7 Å². The van der Waals surface area contributed by atoms with Crippen LogP contribution in [0.3, 0.4) is 0 Å². The molecule has 0 amide bonds. The molecule has 1 heterocycles. The highest BCUT2D eigenvalue weighted by molar-refractivity contribution is 7.86. The number of halogens is 1. The Hall–Kier alpha value is -1.43. The van der Waals surface area contributed by atoms with Gasteiger partial charge >= 0.3 is 10.3 Å². The zero-order chi connectivity index (χ0) is 13.5. The highest BCUT2D eigenvalue weighted by Crippen LogP contribution is 2.34. The number of fused-ring (bicyclic) bond motifs is 1. The second-order valence-electron chi connectivity index (χ2n) is 4.96. The van der Waals surface area contributed by atoms with Crippen molar-refractivity contribution in [2.24, 2.45) is 10.3 Å². The van der Waals surface area contributed by atoms with E-state index in [1.165, 1.54) is 18.2 Å². The molecule has 4 nitrogen and oxygen atoms in total. The van der Waals surface area contributed by atoms with Crippen LogP contribution in [0.5, 0.6) is 5.75 Å². The highest BCUT2D eigenvalue weighted by atomic mass is 32.2. The summed E-state index contributed by atoms with van der Waals surface area (Å²) in [6, 6.07) is 3.84. The third kappa shape index (κ3) is 2.49. The highest BCUT2D eigenvalue weighted by Gasteiger charge is 2.31. The molecule has 0 spiro atoms. The molecule has 1 aromatic carbocycles. The molecule has 1 fully saturated rings. The van der Waals surface area contributed by atoms with Crippen molar-refractivity contribution in [3.63, 3.8) is 0 Å². The zero-order valence-electron chi connectivity index (χ0n) is 10.3. The van der Waals surface area contributed by atoms with Crippen LogP contribution in [0.25, 0.3) is 0 Å². The molecule has 0 N–H and O–H groups in total. The molecule has 0 radical (unpaired) electrons. The maximum absolute atomic E-state index is 13.4. The van der Waals surface area contributed by atoms with Crippen LogP contribution >= 0.6 is 0 Å². The molecule has 1 aliphatic carbocycles. The van der Waals surface area contributed by atoms with Crippen molar-refractivity contribution < 1.29 is 17.0 Å². The lowest BCUT2D eigenvalue weighted by molar-refractivity contribution is 0.434. The van der Waals surface area contributed by atoms with Crippen LogP contribution in [0.2, 0.25) is 0 Å². The monoisotopic (exact) mass is 283 g/mol. The molecule has 1 aliphatic heterocycles. The minimum Gasteiger partial charge on any atom is -0.365 e. The van der Waals surface area contributed by atoms with E-state index in [2.05, 4.69) is 4.40 Å². The standard InChI is InChI=1S/C13H14FNO3S/c14-10-6-7-12-11(8-10)13(15-19(16,17)18-12)9-4-2-1-3-5-9/h6-9H,1-5H2. The van der Waals surface area contributed by atoms with E-state index in [-0.39, 0.29) is 11.7 Å². The molecule has 3 rings (SSSR count). The fourth-order valence-electron chi connectivity index (χ4n) is 2.75. The van der Waals surface area contributed by atoms with E-state index in [1.807, 2.05) is 0 Å². The third-order valence-corrected chi connectivity index (χ3v) is 4.43. The first-order valence-electron chi connectivity index (χ1n) is 6.39. The predicted octanol–water partition coefficient (Wildman–Crippen LogP) is 2.83. The lowest BCUT2D eigenvalue weighted by Crippen LogP contribution is -2.26. The average Bonchev–Trinajstić information content (AvgIpc) is 2.39. The van der Waals surface area contributed by atoms with Gasteiger partial charge < -0.3 is 4.18 Å². The minimum absolute atomic E-state index is 0.0768. The van der Waals surface area contributed by atoms with E-state index in [0.717, 1.165) is 32.1 Å². The lowest BCUT2D eigenvalue weighted by atomic mass is 9.83. The molecule has 0 atom stereocenters. The van der Waals surface area contributed by atoms with E-state index < -0.39 is 16.1 Å². The van der Waals surface area contributed by atoms with Gasteiger partial charge in [-0.25, -0.2) is 4.39 Å². The molecular weight excluding hydrogens is 269 g/mol. The molecule has 1 saturated carbocycles. The van der Waals surface area contributed by atoms with Crippen LogP contribution in [-0.2, 0) is 10.3 Å². The molecule has 19 heavy (non-hydrogen) atoms. The zero-order valence-corrected chi connectivity index (χ0v) is 11.1. The Kier molecular flexibility index (Phi) is 3.05. The van der Waals surface area contributed by atoms with Crippen LogP contribution in [0.1, 0.15) is 37.7 Å². The van der Waals surface area contributed by atoms with Crippen molar-refractivity contribution in [2.75, 3.05) is 0 Å². The van der Waals surface area contributed by atoms with Crippen LogP contribution in [0.15, 0.2) is 22.6 Å². The Balaban J connectivity index is 2.09. The Morgan fingerprint density at radius 1 is 1.21 bits per heavy atom. The SMILES string of the molecule is O=S1(=O)N=C(C2CCCCC2)c2cc(F)ccc2O1. The summed E-state index contributed by atoms with van der Waals surface area (Å²) >= 11 is 0. The summed E-state index contributed by atoms with van der Waals surface area (Å²) in [6.07, 6.45) is 5.04. The summed E-state index contributed by atoms with van der Waals surface area (Å²) in [5, 5.41) is 0. The first kappa shape index (κ1) is 12.6. The van der Waals surface area contributed by atoms with E-state index in [1.54, 1.807) is 0 Å². The fraction of sp³-hybridized carbons (Fsp3) is 0.462. The molecule has 1 aromatic rings. The van der Waals surface area contributed by atoms with Crippen molar-refractivity contribution in [3.8, 4) is 5.75 Å². The van der Waals surface area contributed by atoms with Gasteiger partial charge in [-0.2, -0.15) is 8.42 Å². The number of nitrogens with zero attached hydrogens (tertiary/aromatic N) is 1. The van der Waals surface area contributed by atoms with Gasteiger partial charge in [-0.05, 0) is 31.0 Å². The smallest absolute Gasteiger partial charge is 0.365 e. The first-order valence-corrected chi connectivity index (χ1v) is 7.76. The predicted molar refractivity (Wildman–Crippen MR) is 69.1 cm³/mol. The minimum atomic E-state index is -3.94. The Morgan fingerprint density at radius 3 is 2.68 bits per heavy atom. The molecule has 6 heteroatoms. The van der Waals surface area contributed by atoms with Crippen molar-refractivity contribution in [2.45, 2.75) is 32.1 Å². The third-order valence-electron chi connectivity index (χ3n) is 3.61. The van der Waals surface area contributed by atoms with Crippen LogP contribution < -0.4 is 4.18 Å². The van der Waals surface area contributed by atoms with Crippen LogP contribution in [-0.4, -0.2) is 14.1 Å². The summed E-state index contributed by atoms with van der Waals surface area (Å²) in [5.41, 5.74) is 0.933. The molecule has 0 bridgehead atoms. The molecule has 102 valence electrons. The first-order chi connectivity index (χ1) is 9.05. The van der Waals surface area contributed by atoms with Gasteiger partial charge in [-0.1, -0.05) is 19.3 Å². The quantitative estimate of drug-likeness (QED) is 0.796. The van der Waals surface area contributed by atoms with Gasteiger partial charge in [-0.15, -0.1) is 4.40 Å². The van der Waals surface area contributed by atoms with Gasteiger partial charge in [0.2, 0.25) is 0 Å². The van der Waals surface area contributed by atoms with Crippen molar-refractivity contribution >= 4 is 16.0 Å². The maximum atomic E-state index is 13.4. The number of rotatable bonds is 1. The van der Waals surface area contributed by atoms with Crippen molar-refractivity contribution in [1.82, 2.24) is 0 Å². The van der Waals surface area contributed by atoms with E-state index >= 15 is 0 Å². The Morgan fingerprint density at radius 2 is 1.95 bits per heavy atom. The fourth-order valence-corrected chi connectivity index (χ4v) is 3.65. The number of hydrogen-bond acceptors (Lipinski definition) is 3. The van der Waals surface area contributed by atoms with Gasteiger partial charge in [0.05, 0.1) is 5.71 Å². The van der Waals surface area contributed by atoms with Crippen LogP contribution in [0.4, 0.5) is 4.39 Å². The molecule has 0 unspecified atom stereocenters. The van der Waals surface area contributed by atoms with Gasteiger partial charge in [0.1, 0.15) is 5.82 Å². The largest absolute Gasteiger partial charge is 0.428 e. The Labute approximate surface area is 111 Å². The van der Waals surface area contributed by atoms with Crippen molar-refractivity contribution in [1.29, 1.82) is 0 Å². The topological polar surface area (TPSA) is 55.7 Å². The second kappa shape index (κ2) is 4.59. The van der Waals surface area contributed by atoms with Crippen molar-refractivity contribution in [3.05, 3.63) is 29.6 Å². The van der Waals surface area contributed by atoms with E-state index in [9.17, 15) is 12.8 Å². The van der Waals surface area contributed by atoms with E-state index in [0.29, 0.717) is 11.3 Å². The lowest BCUT2D eigenvalue weighted by Gasteiger charge is -2.26. The van der Waals surface area contributed by atoms with Gasteiger partial charge in [-0.3, -0.25) is 0 Å². The summed E-state index contributed by atoms with van der Waals surface area (Å²) in [7, 11) is -3.94. The summed E-state index contributed by atoms with van der Waals surface area (Å²) in [4.78, 5) is 0. The molecule has 0 aromatic heterocycles. The average molecular weight is 283 g/mol. The van der Waals surface area contributed by atoms with Gasteiger partial charge in [0.25, 0.3) is 0 Å². The Bertz CT molecular complexity index is 633. The summed E-state index contributed by atoms with van der Waals surface area (Å²) in [6.45, 7) is 0. The number of benzene rings is 1. The molecular formula is C13H14FNO3S. The second-order valence-corrected chi connectivity index (χ2v) is 6.17. The normalized spacial score (nSPS) is 22.3. The van der Waals surface area contributed by atoms with Gasteiger partial charge in [0, 0.05) is 11.5 Å². The van der Waals surface area contributed by atoms with E-state index in [4.69, 9.17) is 4.18 Å². The molecule has 2 aliphatic rings. The molecule has 0 saturated heterocycles. The van der Waals surface area contributed by atoms with Gasteiger partial charge in [0.15, 0.2) is 5.75 Å². The number of hydrogen-bond donors (Lipinski definition) is 0. The maximum Gasteiger partial charge on any atom is 0.428 e. The summed E-state index contributed by atoms with van der Waals surface area (Å²) < 4.78 is 45.2. The summed E-state index contributed by atoms with van der Waals surface area (Å²) in [5.74, 6) is -0.157.